The van der Waals surface area contributed by atoms with Crippen LogP contribution in [0.1, 0.15) is 61.2 Å². The predicted molar refractivity (Wildman–Crippen MR) is 123 cm³/mol. The van der Waals surface area contributed by atoms with Gasteiger partial charge in [0.2, 0.25) is 0 Å². The zero-order valence-electron chi connectivity index (χ0n) is 19.2. The number of tetrazole rings is 1. The molecule has 0 unspecified atom stereocenters. The number of hydrogen-bond acceptors (Lipinski definition) is 6. The minimum atomic E-state index is -0.288. The van der Waals surface area contributed by atoms with Gasteiger partial charge in [0.05, 0.1) is 18.2 Å². The summed E-state index contributed by atoms with van der Waals surface area (Å²) in [5.41, 5.74) is 3.82. The van der Waals surface area contributed by atoms with Gasteiger partial charge in [0, 0.05) is 18.7 Å². The van der Waals surface area contributed by atoms with Gasteiger partial charge in [0.15, 0.2) is 5.82 Å². The van der Waals surface area contributed by atoms with E-state index in [4.69, 9.17) is 4.74 Å². The van der Waals surface area contributed by atoms with Crippen LogP contribution < -0.4 is 5.56 Å². The minimum absolute atomic E-state index is 0.0684. The molecule has 2 aliphatic heterocycles. The van der Waals surface area contributed by atoms with Gasteiger partial charge in [-0.3, -0.25) is 9.69 Å². The number of pyridine rings is 1. The lowest BCUT2D eigenvalue weighted by atomic mass is 9.95. The summed E-state index contributed by atoms with van der Waals surface area (Å²) in [5.74, 6) is 1.29. The number of aromatic amines is 1. The van der Waals surface area contributed by atoms with Crippen molar-refractivity contribution in [3.05, 3.63) is 51.1 Å². The van der Waals surface area contributed by atoms with Gasteiger partial charge in [0.25, 0.3) is 5.56 Å². The standard InChI is InChI=1S/C24H32N6O2/c1-15-6-4-10-29(13-15)22(23-26-27-28-30(23)14-19-7-5-11-32-19)20-12-18-9-8-16(2)17(3)21(18)25-24(20)31/h8-9,12,15,19,22H,4-7,10-11,13-14H2,1-3H3,(H,25,31)/t15-,19+,22-/m1/s1. The SMILES string of the molecule is Cc1ccc2cc([C@H](c3nnnn3C[C@@H]3CCCO3)N3CCC[C@@H](C)C3)c(=O)[nH]c2c1C. The summed E-state index contributed by atoms with van der Waals surface area (Å²) >= 11 is 0. The topological polar surface area (TPSA) is 88.9 Å². The van der Waals surface area contributed by atoms with E-state index in [9.17, 15) is 4.79 Å². The Kier molecular flexibility index (Phi) is 5.82. The minimum Gasteiger partial charge on any atom is -0.376 e. The van der Waals surface area contributed by atoms with Gasteiger partial charge in [-0.15, -0.1) is 5.10 Å². The second-order valence-corrected chi connectivity index (χ2v) is 9.52. The molecular weight excluding hydrogens is 404 g/mol. The average Bonchev–Trinajstić information content (AvgIpc) is 3.45. The Morgan fingerprint density at radius 2 is 2.12 bits per heavy atom. The van der Waals surface area contributed by atoms with Gasteiger partial charge in [0.1, 0.15) is 6.04 Å². The second kappa shape index (κ2) is 8.75. The molecule has 32 heavy (non-hydrogen) atoms. The van der Waals surface area contributed by atoms with E-state index in [0.717, 1.165) is 61.2 Å². The van der Waals surface area contributed by atoms with Crippen molar-refractivity contribution < 1.29 is 4.74 Å². The van der Waals surface area contributed by atoms with Crippen molar-refractivity contribution in [2.45, 2.75) is 65.1 Å². The van der Waals surface area contributed by atoms with Crippen LogP contribution >= 0.6 is 0 Å². The molecule has 1 N–H and O–H groups in total. The van der Waals surface area contributed by atoms with E-state index < -0.39 is 0 Å². The summed E-state index contributed by atoms with van der Waals surface area (Å²) in [6, 6.07) is 5.95. The Labute approximate surface area is 188 Å². The fraction of sp³-hybridized carbons (Fsp3) is 0.583. The summed E-state index contributed by atoms with van der Waals surface area (Å²) in [6.45, 7) is 9.64. The first-order valence-electron chi connectivity index (χ1n) is 11.8. The normalized spacial score (nSPS) is 23.1. The lowest BCUT2D eigenvalue weighted by Crippen LogP contribution is -2.41. The highest BCUT2D eigenvalue weighted by Crippen LogP contribution is 2.32. The number of rotatable bonds is 5. The number of hydrogen-bond donors (Lipinski definition) is 1. The number of fused-ring (bicyclic) bond motifs is 1. The molecule has 170 valence electrons. The number of piperidine rings is 1. The van der Waals surface area contributed by atoms with Crippen molar-refractivity contribution in [1.29, 1.82) is 0 Å². The van der Waals surface area contributed by atoms with Crippen LogP contribution in [0.3, 0.4) is 0 Å². The quantitative estimate of drug-likeness (QED) is 0.661. The lowest BCUT2D eigenvalue weighted by molar-refractivity contribution is 0.0889. The van der Waals surface area contributed by atoms with E-state index in [0.29, 0.717) is 18.0 Å². The molecule has 8 heteroatoms. The number of nitrogens with one attached hydrogen (secondary N) is 1. The Bertz CT molecular complexity index is 1160. The summed E-state index contributed by atoms with van der Waals surface area (Å²) in [7, 11) is 0. The number of ether oxygens (including phenoxy) is 1. The van der Waals surface area contributed by atoms with E-state index in [1.807, 2.05) is 10.7 Å². The third kappa shape index (κ3) is 3.97. The van der Waals surface area contributed by atoms with Crippen LogP contribution in [0.4, 0.5) is 0 Å². The van der Waals surface area contributed by atoms with E-state index in [1.54, 1.807) is 0 Å². The number of H-pyrrole nitrogens is 1. The second-order valence-electron chi connectivity index (χ2n) is 9.52. The number of likely N-dealkylation sites (tertiary alicyclic amines) is 1. The molecule has 3 aromatic rings. The molecule has 4 heterocycles. The van der Waals surface area contributed by atoms with Gasteiger partial charge in [-0.25, -0.2) is 4.68 Å². The first kappa shape index (κ1) is 21.3. The average molecular weight is 437 g/mol. The Morgan fingerprint density at radius 3 is 2.91 bits per heavy atom. The van der Waals surface area contributed by atoms with Gasteiger partial charge >= 0.3 is 0 Å². The predicted octanol–water partition coefficient (Wildman–Crippen LogP) is 3.13. The molecule has 0 aliphatic carbocycles. The highest BCUT2D eigenvalue weighted by atomic mass is 16.5. The smallest absolute Gasteiger partial charge is 0.253 e. The fourth-order valence-electron chi connectivity index (χ4n) is 5.22. The summed E-state index contributed by atoms with van der Waals surface area (Å²) in [5, 5.41) is 13.8. The third-order valence-electron chi connectivity index (χ3n) is 7.13. The number of benzene rings is 1. The van der Waals surface area contributed by atoms with Crippen LogP contribution in [-0.4, -0.2) is 55.9 Å². The van der Waals surface area contributed by atoms with Crippen molar-refractivity contribution in [3.8, 4) is 0 Å². The lowest BCUT2D eigenvalue weighted by Gasteiger charge is -2.36. The molecule has 0 bridgehead atoms. The summed E-state index contributed by atoms with van der Waals surface area (Å²) in [6.07, 6.45) is 4.52. The maximum Gasteiger partial charge on any atom is 0.253 e. The molecule has 3 atom stereocenters. The van der Waals surface area contributed by atoms with Crippen molar-refractivity contribution >= 4 is 10.9 Å². The van der Waals surface area contributed by atoms with E-state index in [1.165, 1.54) is 12.0 Å². The van der Waals surface area contributed by atoms with Crippen LogP contribution in [0.5, 0.6) is 0 Å². The van der Waals surface area contributed by atoms with E-state index in [2.05, 4.69) is 58.3 Å². The van der Waals surface area contributed by atoms with Gasteiger partial charge in [-0.2, -0.15) is 0 Å². The van der Waals surface area contributed by atoms with Crippen molar-refractivity contribution in [3.63, 3.8) is 0 Å². The number of aromatic nitrogens is 5. The van der Waals surface area contributed by atoms with E-state index >= 15 is 0 Å². The van der Waals surface area contributed by atoms with Crippen molar-refractivity contribution in [2.75, 3.05) is 19.7 Å². The first-order valence-corrected chi connectivity index (χ1v) is 11.8. The fourth-order valence-corrected chi connectivity index (χ4v) is 5.22. The van der Waals surface area contributed by atoms with Gasteiger partial charge in [-0.1, -0.05) is 19.1 Å². The van der Waals surface area contributed by atoms with E-state index in [-0.39, 0.29) is 17.7 Å². The van der Waals surface area contributed by atoms with Crippen molar-refractivity contribution in [2.24, 2.45) is 5.92 Å². The highest BCUT2D eigenvalue weighted by molar-refractivity contribution is 5.83. The molecule has 8 nitrogen and oxygen atoms in total. The Hall–Kier alpha value is -2.58. The molecule has 0 saturated carbocycles. The first-order chi connectivity index (χ1) is 15.5. The Morgan fingerprint density at radius 1 is 1.25 bits per heavy atom. The zero-order valence-corrected chi connectivity index (χ0v) is 19.2. The maximum absolute atomic E-state index is 13.4. The molecular formula is C24H32N6O2. The van der Waals surface area contributed by atoms with Crippen molar-refractivity contribution in [1.82, 2.24) is 30.1 Å². The van der Waals surface area contributed by atoms with Gasteiger partial charge in [-0.05, 0) is 85.0 Å². The van der Waals surface area contributed by atoms with Crippen LogP contribution in [-0.2, 0) is 11.3 Å². The monoisotopic (exact) mass is 436 g/mol. The number of aryl methyl sites for hydroxylation is 2. The highest BCUT2D eigenvalue weighted by Gasteiger charge is 2.33. The summed E-state index contributed by atoms with van der Waals surface area (Å²) in [4.78, 5) is 19.0. The van der Waals surface area contributed by atoms with Crippen LogP contribution in [0.15, 0.2) is 23.0 Å². The molecule has 5 rings (SSSR count). The zero-order chi connectivity index (χ0) is 22.2. The maximum atomic E-state index is 13.4. The van der Waals surface area contributed by atoms with Crippen LogP contribution in [0, 0.1) is 19.8 Å². The molecule has 2 aromatic heterocycles. The third-order valence-corrected chi connectivity index (χ3v) is 7.13. The Balaban J connectivity index is 1.62. The molecule has 2 saturated heterocycles. The van der Waals surface area contributed by atoms with Crippen LogP contribution in [0.2, 0.25) is 0 Å². The number of nitrogens with zero attached hydrogens (tertiary/aromatic N) is 5. The molecule has 0 spiro atoms. The van der Waals surface area contributed by atoms with Gasteiger partial charge < -0.3 is 9.72 Å². The largest absolute Gasteiger partial charge is 0.376 e. The summed E-state index contributed by atoms with van der Waals surface area (Å²) < 4.78 is 7.69. The molecule has 0 radical (unpaired) electrons. The molecule has 0 amide bonds. The molecule has 1 aromatic carbocycles. The molecule has 2 fully saturated rings. The van der Waals surface area contributed by atoms with Crippen LogP contribution in [0.25, 0.3) is 10.9 Å². The molecule has 2 aliphatic rings.